The van der Waals surface area contributed by atoms with Gasteiger partial charge in [0.05, 0.1) is 24.5 Å². The monoisotopic (exact) mass is 419 g/mol. The lowest BCUT2D eigenvalue weighted by Gasteiger charge is -2.19. The highest BCUT2D eigenvalue weighted by Gasteiger charge is 2.29. The summed E-state index contributed by atoms with van der Waals surface area (Å²) in [7, 11) is 0. The van der Waals surface area contributed by atoms with Crippen LogP contribution in [0.1, 0.15) is 36.3 Å². The van der Waals surface area contributed by atoms with Gasteiger partial charge in [-0.25, -0.2) is 0 Å². The molecular weight excluding hydrogens is 395 g/mol. The molecule has 1 aliphatic heterocycles. The number of amides is 1. The number of hydrogen-bond donors (Lipinski definition) is 1. The van der Waals surface area contributed by atoms with Crippen molar-refractivity contribution in [1.29, 1.82) is 0 Å². The molecule has 1 atom stereocenters. The molecule has 1 aromatic heterocycles. The van der Waals surface area contributed by atoms with Gasteiger partial charge >= 0.3 is 6.18 Å². The first-order valence-corrected chi connectivity index (χ1v) is 10.1. The molecule has 160 valence electrons. The SMILES string of the molecule is O=C(Cc1ccc(C2CC2)cc1)N[C@@H]1CCN(c2cncc(OCC(F)(F)F)c2)C1. The molecule has 1 N–H and O–H groups in total. The maximum absolute atomic E-state index is 12.4. The number of benzene rings is 1. The third-order valence-corrected chi connectivity index (χ3v) is 5.41. The van der Waals surface area contributed by atoms with Crippen LogP contribution in [0.5, 0.6) is 5.75 Å². The molecule has 1 aromatic carbocycles. The summed E-state index contributed by atoms with van der Waals surface area (Å²) in [6, 6.07) is 9.79. The number of aromatic nitrogens is 1. The Hall–Kier alpha value is -2.77. The minimum atomic E-state index is -4.39. The largest absolute Gasteiger partial charge is 0.482 e. The average Bonchev–Trinajstić information content (AvgIpc) is 3.46. The number of carbonyl (C=O) groups excluding carboxylic acids is 1. The molecule has 8 heteroatoms. The fraction of sp³-hybridized carbons (Fsp3) is 0.455. The second-order valence-corrected chi connectivity index (χ2v) is 7.97. The Morgan fingerprint density at radius 2 is 1.93 bits per heavy atom. The molecular formula is C22H24F3N3O2. The Kier molecular flexibility index (Phi) is 5.83. The number of halogens is 3. The zero-order valence-electron chi connectivity index (χ0n) is 16.5. The van der Waals surface area contributed by atoms with E-state index in [1.165, 1.54) is 24.6 Å². The summed E-state index contributed by atoms with van der Waals surface area (Å²) < 4.78 is 41.8. The lowest BCUT2D eigenvalue weighted by Crippen LogP contribution is -2.38. The molecule has 2 heterocycles. The topological polar surface area (TPSA) is 54.5 Å². The van der Waals surface area contributed by atoms with Gasteiger partial charge in [0.25, 0.3) is 0 Å². The van der Waals surface area contributed by atoms with Crippen molar-refractivity contribution in [3.05, 3.63) is 53.9 Å². The third-order valence-electron chi connectivity index (χ3n) is 5.41. The molecule has 1 saturated heterocycles. The lowest BCUT2D eigenvalue weighted by molar-refractivity contribution is -0.153. The Labute approximate surface area is 173 Å². The van der Waals surface area contributed by atoms with Gasteiger partial charge < -0.3 is 15.0 Å². The van der Waals surface area contributed by atoms with Gasteiger partial charge in [-0.3, -0.25) is 9.78 Å². The molecule has 2 fully saturated rings. The molecule has 1 amide bonds. The number of alkyl halides is 3. The predicted molar refractivity (Wildman–Crippen MR) is 107 cm³/mol. The fourth-order valence-corrected chi connectivity index (χ4v) is 3.73. The van der Waals surface area contributed by atoms with Gasteiger partial charge in [0, 0.05) is 25.2 Å². The summed E-state index contributed by atoms with van der Waals surface area (Å²) >= 11 is 0. The highest BCUT2D eigenvalue weighted by molar-refractivity contribution is 5.79. The fourth-order valence-electron chi connectivity index (χ4n) is 3.73. The van der Waals surface area contributed by atoms with E-state index in [1.54, 1.807) is 12.3 Å². The second-order valence-electron chi connectivity index (χ2n) is 7.97. The van der Waals surface area contributed by atoms with Gasteiger partial charge in [0.15, 0.2) is 6.61 Å². The van der Waals surface area contributed by atoms with Crippen LogP contribution >= 0.6 is 0 Å². The number of rotatable bonds is 7. The first-order valence-electron chi connectivity index (χ1n) is 10.1. The van der Waals surface area contributed by atoms with Crippen molar-refractivity contribution >= 4 is 11.6 Å². The minimum absolute atomic E-state index is 0.0111. The summed E-state index contributed by atoms with van der Waals surface area (Å²) in [6.45, 7) is -0.0827. The highest BCUT2D eigenvalue weighted by atomic mass is 19.4. The van der Waals surface area contributed by atoms with Crippen LogP contribution in [0, 0.1) is 0 Å². The first-order chi connectivity index (χ1) is 14.4. The molecule has 0 spiro atoms. The normalized spacial score (nSPS) is 19.0. The molecule has 2 aliphatic rings. The molecule has 0 bridgehead atoms. The van der Waals surface area contributed by atoms with Crippen molar-refractivity contribution < 1.29 is 22.7 Å². The Balaban J connectivity index is 1.27. The van der Waals surface area contributed by atoms with E-state index < -0.39 is 12.8 Å². The van der Waals surface area contributed by atoms with Crippen LogP contribution in [-0.2, 0) is 11.2 Å². The van der Waals surface area contributed by atoms with E-state index in [0.717, 1.165) is 12.0 Å². The van der Waals surface area contributed by atoms with Gasteiger partial charge in [0.1, 0.15) is 5.75 Å². The maximum Gasteiger partial charge on any atom is 0.422 e. The Morgan fingerprint density at radius 3 is 2.63 bits per heavy atom. The van der Waals surface area contributed by atoms with E-state index in [4.69, 9.17) is 4.74 Å². The summed E-state index contributed by atoms with van der Waals surface area (Å²) in [5.41, 5.74) is 3.02. The third kappa shape index (κ3) is 5.64. The van der Waals surface area contributed by atoms with Crippen molar-refractivity contribution in [2.75, 3.05) is 24.6 Å². The summed E-state index contributed by atoms with van der Waals surface area (Å²) in [5.74, 6) is 0.748. The molecule has 5 nitrogen and oxygen atoms in total. The molecule has 0 unspecified atom stereocenters. The number of nitrogens with one attached hydrogen (secondary N) is 1. The summed E-state index contributed by atoms with van der Waals surface area (Å²) in [6.07, 6.45) is 2.07. The van der Waals surface area contributed by atoms with Gasteiger partial charge in [-0.15, -0.1) is 0 Å². The van der Waals surface area contributed by atoms with E-state index >= 15 is 0 Å². The van der Waals surface area contributed by atoms with E-state index in [9.17, 15) is 18.0 Å². The van der Waals surface area contributed by atoms with E-state index in [-0.39, 0.29) is 17.7 Å². The van der Waals surface area contributed by atoms with E-state index in [0.29, 0.717) is 31.1 Å². The number of anilines is 1. The minimum Gasteiger partial charge on any atom is -0.482 e. The van der Waals surface area contributed by atoms with Crippen LogP contribution in [0.25, 0.3) is 0 Å². The summed E-state index contributed by atoms with van der Waals surface area (Å²) in [4.78, 5) is 18.4. The van der Waals surface area contributed by atoms with Crippen molar-refractivity contribution in [3.8, 4) is 5.75 Å². The molecule has 30 heavy (non-hydrogen) atoms. The van der Waals surface area contributed by atoms with Gasteiger partial charge in [0.2, 0.25) is 5.91 Å². The van der Waals surface area contributed by atoms with Crippen LogP contribution in [0.3, 0.4) is 0 Å². The van der Waals surface area contributed by atoms with Gasteiger partial charge in [-0.05, 0) is 36.3 Å². The van der Waals surface area contributed by atoms with Crippen LogP contribution in [0.4, 0.5) is 18.9 Å². The standard InChI is InChI=1S/C22H24F3N3O2/c23-22(24,25)14-30-20-10-19(11-26-12-20)28-8-7-18(13-28)27-21(29)9-15-1-3-16(4-2-15)17-5-6-17/h1-4,10-12,17-18H,5-9,13-14H2,(H,27,29)/t18-/m1/s1. The van der Waals surface area contributed by atoms with Gasteiger partial charge in [-0.1, -0.05) is 24.3 Å². The van der Waals surface area contributed by atoms with Crippen LogP contribution in [-0.4, -0.2) is 42.8 Å². The first kappa shape index (κ1) is 20.5. The zero-order valence-corrected chi connectivity index (χ0v) is 16.5. The maximum atomic E-state index is 12.4. The van der Waals surface area contributed by atoms with Crippen molar-refractivity contribution in [2.24, 2.45) is 0 Å². The van der Waals surface area contributed by atoms with Crippen molar-refractivity contribution in [1.82, 2.24) is 10.3 Å². The smallest absolute Gasteiger partial charge is 0.422 e. The highest BCUT2D eigenvalue weighted by Crippen LogP contribution is 2.39. The van der Waals surface area contributed by atoms with Crippen LogP contribution < -0.4 is 15.0 Å². The molecule has 4 rings (SSSR count). The summed E-state index contributed by atoms with van der Waals surface area (Å²) in [5, 5.41) is 3.06. The second kappa shape index (κ2) is 8.53. The van der Waals surface area contributed by atoms with Crippen molar-refractivity contribution in [3.63, 3.8) is 0 Å². The molecule has 1 saturated carbocycles. The number of hydrogen-bond acceptors (Lipinski definition) is 4. The molecule has 0 radical (unpaired) electrons. The van der Waals surface area contributed by atoms with E-state index in [2.05, 4.69) is 22.4 Å². The quantitative estimate of drug-likeness (QED) is 0.741. The Bertz CT molecular complexity index is 882. The predicted octanol–water partition coefficient (Wildman–Crippen LogP) is 3.84. The van der Waals surface area contributed by atoms with Crippen LogP contribution in [0.15, 0.2) is 42.7 Å². The number of nitrogens with zero attached hydrogens (tertiary/aromatic N) is 2. The number of carbonyl (C=O) groups is 1. The van der Waals surface area contributed by atoms with E-state index in [1.807, 2.05) is 17.0 Å². The van der Waals surface area contributed by atoms with Crippen molar-refractivity contribution in [2.45, 2.75) is 43.8 Å². The average molecular weight is 419 g/mol. The Morgan fingerprint density at radius 1 is 1.17 bits per heavy atom. The number of pyridine rings is 1. The molecule has 2 aromatic rings. The van der Waals surface area contributed by atoms with Gasteiger partial charge in [-0.2, -0.15) is 13.2 Å². The van der Waals surface area contributed by atoms with Crippen LogP contribution in [0.2, 0.25) is 0 Å². The number of ether oxygens (including phenoxy) is 1. The molecule has 1 aliphatic carbocycles. The lowest BCUT2D eigenvalue weighted by atomic mass is 10.1. The zero-order chi connectivity index (χ0) is 21.1.